The molecule has 2 rings (SSSR count). The van der Waals surface area contributed by atoms with Crippen LogP contribution in [0.3, 0.4) is 0 Å². The van der Waals surface area contributed by atoms with Gasteiger partial charge in [-0.2, -0.15) is 5.26 Å². The van der Waals surface area contributed by atoms with Gasteiger partial charge in [-0.25, -0.2) is 4.39 Å². The van der Waals surface area contributed by atoms with Crippen molar-refractivity contribution in [2.75, 3.05) is 6.61 Å². The van der Waals surface area contributed by atoms with Crippen LogP contribution in [0.4, 0.5) is 4.39 Å². The Hall–Kier alpha value is -1.60. The van der Waals surface area contributed by atoms with Gasteiger partial charge in [0.1, 0.15) is 23.7 Å². The van der Waals surface area contributed by atoms with Crippen molar-refractivity contribution < 1.29 is 9.13 Å². The van der Waals surface area contributed by atoms with E-state index in [1.165, 1.54) is 12.1 Å². The summed E-state index contributed by atoms with van der Waals surface area (Å²) in [7, 11) is 0. The zero-order chi connectivity index (χ0) is 12.5. The third kappa shape index (κ3) is 2.56. The Labute approximate surface area is 100.0 Å². The van der Waals surface area contributed by atoms with Gasteiger partial charge >= 0.3 is 0 Å². The Morgan fingerprint density at radius 2 is 2.29 bits per heavy atom. The quantitative estimate of drug-likeness (QED) is 0.868. The Balaban J connectivity index is 2.06. The minimum atomic E-state index is -0.946. The second kappa shape index (κ2) is 4.34. The Kier molecular flexibility index (Phi) is 3.03. The molecule has 1 aliphatic carbocycles. The van der Waals surface area contributed by atoms with E-state index in [1.807, 2.05) is 6.92 Å². The standard InChI is InChI=1S/C13H15FN2O/c1-9-2-5-11(14)6-12(9)17-8-13(16,7-15)10-3-4-10/h2,5-6,10H,3-4,8,16H2,1H3. The lowest BCUT2D eigenvalue weighted by Gasteiger charge is -2.21. The molecule has 0 bridgehead atoms. The summed E-state index contributed by atoms with van der Waals surface area (Å²) >= 11 is 0. The van der Waals surface area contributed by atoms with Crippen LogP contribution in [-0.4, -0.2) is 12.1 Å². The highest BCUT2D eigenvalue weighted by Gasteiger charge is 2.43. The van der Waals surface area contributed by atoms with Crippen LogP contribution in [-0.2, 0) is 0 Å². The average molecular weight is 234 g/mol. The molecule has 0 heterocycles. The predicted molar refractivity (Wildman–Crippen MR) is 61.9 cm³/mol. The van der Waals surface area contributed by atoms with Crippen LogP contribution in [0.2, 0.25) is 0 Å². The molecule has 0 amide bonds. The molecule has 1 aromatic carbocycles. The van der Waals surface area contributed by atoms with E-state index in [4.69, 9.17) is 15.7 Å². The number of aryl methyl sites for hydroxylation is 1. The summed E-state index contributed by atoms with van der Waals surface area (Å²) in [5, 5.41) is 9.07. The van der Waals surface area contributed by atoms with Crippen molar-refractivity contribution >= 4 is 0 Å². The summed E-state index contributed by atoms with van der Waals surface area (Å²) in [5.74, 6) is 0.314. The number of hydrogen-bond acceptors (Lipinski definition) is 3. The zero-order valence-electron chi connectivity index (χ0n) is 9.74. The van der Waals surface area contributed by atoms with Gasteiger partial charge in [-0.15, -0.1) is 0 Å². The van der Waals surface area contributed by atoms with Gasteiger partial charge in [0.15, 0.2) is 0 Å². The molecule has 1 aromatic rings. The Morgan fingerprint density at radius 1 is 1.59 bits per heavy atom. The molecule has 4 heteroatoms. The average Bonchev–Trinajstić information content (AvgIpc) is 3.14. The van der Waals surface area contributed by atoms with Crippen molar-refractivity contribution in [2.24, 2.45) is 11.7 Å². The normalized spacial score (nSPS) is 18.2. The first-order chi connectivity index (χ1) is 8.05. The fourth-order valence-corrected chi connectivity index (χ4v) is 1.77. The van der Waals surface area contributed by atoms with Crippen molar-refractivity contribution in [3.05, 3.63) is 29.6 Å². The largest absolute Gasteiger partial charge is 0.490 e. The second-order valence-electron chi connectivity index (χ2n) is 4.62. The van der Waals surface area contributed by atoms with Gasteiger partial charge in [0.2, 0.25) is 0 Å². The first-order valence-corrected chi connectivity index (χ1v) is 5.64. The first-order valence-electron chi connectivity index (χ1n) is 5.64. The number of nitriles is 1. The summed E-state index contributed by atoms with van der Waals surface area (Å²) in [5.41, 5.74) is 5.85. The number of halogens is 1. The molecule has 0 saturated heterocycles. The SMILES string of the molecule is Cc1ccc(F)cc1OCC(N)(C#N)C1CC1. The number of rotatable bonds is 4. The van der Waals surface area contributed by atoms with Gasteiger partial charge in [-0.3, -0.25) is 0 Å². The van der Waals surface area contributed by atoms with Gasteiger partial charge in [0.25, 0.3) is 0 Å². The highest BCUT2D eigenvalue weighted by Crippen LogP contribution is 2.38. The smallest absolute Gasteiger partial charge is 0.141 e. The van der Waals surface area contributed by atoms with Gasteiger partial charge in [0, 0.05) is 6.07 Å². The number of nitrogens with two attached hydrogens (primary N) is 1. The van der Waals surface area contributed by atoms with E-state index in [-0.39, 0.29) is 18.3 Å². The summed E-state index contributed by atoms with van der Waals surface area (Å²) in [6, 6.07) is 6.45. The fraction of sp³-hybridized carbons (Fsp3) is 0.462. The summed E-state index contributed by atoms with van der Waals surface area (Å²) < 4.78 is 18.5. The van der Waals surface area contributed by atoms with E-state index in [9.17, 15) is 4.39 Å². The second-order valence-corrected chi connectivity index (χ2v) is 4.62. The van der Waals surface area contributed by atoms with Crippen molar-refractivity contribution in [3.63, 3.8) is 0 Å². The summed E-state index contributed by atoms with van der Waals surface area (Å²) in [4.78, 5) is 0. The van der Waals surface area contributed by atoms with Crippen LogP contribution in [0.25, 0.3) is 0 Å². The molecule has 0 aromatic heterocycles. The van der Waals surface area contributed by atoms with Crippen molar-refractivity contribution in [3.8, 4) is 11.8 Å². The minimum absolute atomic E-state index is 0.110. The molecule has 0 spiro atoms. The Bertz CT molecular complexity index is 465. The molecule has 0 aliphatic heterocycles. The Morgan fingerprint density at radius 3 is 2.88 bits per heavy atom. The van der Waals surface area contributed by atoms with Crippen LogP contribution >= 0.6 is 0 Å². The zero-order valence-corrected chi connectivity index (χ0v) is 9.74. The van der Waals surface area contributed by atoms with Crippen molar-refractivity contribution in [2.45, 2.75) is 25.3 Å². The van der Waals surface area contributed by atoms with Gasteiger partial charge in [-0.05, 0) is 37.3 Å². The maximum atomic E-state index is 13.0. The molecule has 90 valence electrons. The maximum Gasteiger partial charge on any atom is 0.141 e. The fourth-order valence-electron chi connectivity index (χ4n) is 1.77. The van der Waals surface area contributed by atoms with Crippen LogP contribution in [0.15, 0.2) is 18.2 Å². The predicted octanol–water partition coefficient (Wildman–Crippen LogP) is 2.14. The van der Waals surface area contributed by atoms with E-state index < -0.39 is 5.54 Å². The third-order valence-corrected chi connectivity index (χ3v) is 3.13. The molecule has 1 saturated carbocycles. The van der Waals surface area contributed by atoms with Crippen molar-refractivity contribution in [1.29, 1.82) is 5.26 Å². The number of nitrogens with zero attached hydrogens (tertiary/aromatic N) is 1. The molecule has 3 nitrogen and oxygen atoms in total. The summed E-state index contributed by atoms with van der Waals surface area (Å²) in [6.45, 7) is 1.94. The van der Waals surface area contributed by atoms with E-state index in [0.717, 1.165) is 18.4 Å². The van der Waals surface area contributed by atoms with E-state index in [2.05, 4.69) is 6.07 Å². The summed E-state index contributed by atoms with van der Waals surface area (Å²) in [6.07, 6.45) is 1.94. The molecular formula is C13H15FN2O. The molecule has 2 N–H and O–H groups in total. The number of ether oxygens (including phenoxy) is 1. The van der Waals surface area contributed by atoms with E-state index >= 15 is 0 Å². The topological polar surface area (TPSA) is 59.0 Å². The number of hydrogen-bond donors (Lipinski definition) is 1. The molecule has 1 unspecified atom stereocenters. The lowest BCUT2D eigenvalue weighted by Crippen LogP contribution is -2.46. The number of benzene rings is 1. The molecular weight excluding hydrogens is 219 g/mol. The van der Waals surface area contributed by atoms with E-state index in [1.54, 1.807) is 6.07 Å². The van der Waals surface area contributed by atoms with Gasteiger partial charge in [-0.1, -0.05) is 6.07 Å². The van der Waals surface area contributed by atoms with Crippen LogP contribution < -0.4 is 10.5 Å². The highest BCUT2D eigenvalue weighted by atomic mass is 19.1. The molecule has 1 atom stereocenters. The van der Waals surface area contributed by atoms with Crippen LogP contribution in [0.1, 0.15) is 18.4 Å². The highest BCUT2D eigenvalue weighted by molar-refractivity contribution is 5.33. The monoisotopic (exact) mass is 234 g/mol. The minimum Gasteiger partial charge on any atom is -0.490 e. The molecule has 1 fully saturated rings. The molecule has 17 heavy (non-hydrogen) atoms. The molecule has 1 aliphatic rings. The van der Waals surface area contributed by atoms with Crippen LogP contribution in [0.5, 0.6) is 5.75 Å². The van der Waals surface area contributed by atoms with Crippen LogP contribution in [0, 0.1) is 30.0 Å². The van der Waals surface area contributed by atoms with Crippen molar-refractivity contribution in [1.82, 2.24) is 0 Å². The van der Waals surface area contributed by atoms with E-state index in [0.29, 0.717) is 5.75 Å². The lowest BCUT2D eigenvalue weighted by atomic mass is 9.98. The third-order valence-electron chi connectivity index (χ3n) is 3.13. The van der Waals surface area contributed by atoms with Gasteiger partial charge < -0.3 is 10.5 Å². The molecule has 0 radical (unpaired) electrons. The van der Waals surface area contributed by atoms with Gasteiger partial charge in [0.05, 0.1) is 6.07 Å². The lowest BCUT2D eigenvalue weighted by molar-refractivity contribution is 0.235. The first kappa shape index (κ1) is 11.9. The maximum absolute atomic E-state index is 13.0.